The third kappa shape index (κ3) is 1.33. The lowest BCUT2D eigenvalue weighted by Crippen LogP contribution is -2.31. The van der Waals surface area contributed by atoms with Gasteiger partial charge in [-0.15, -0.1) is 0 Å². The lowest BCUT2D eigenvalue weighted by Gasteiger charge is -2.20. The van der Waals surface area contributed by atoms with Gasteiger partial charge in [-0.05, 0) is 13.8 Å². The number of ether oxygens (including phenoxy) is 3. The monoisotopic (exact) mass is 188 g/mol. The second kappa shape index (κ2) is 2.67. The Morgan fingerprint density at radius 3 is 2.77 bits per heavy atom. The van der Waals surface area contributed by atoms with Gasteiger partial charge in [-0.3, -0.25) is 0 Å². The fourth-order valence-corrected chi connectivity index (χ4v) is 1.67. The van der Waals surface area contributed by atoms with Crippen LogP contribution < -0.4 is 0 Å². The van der Waals surface area contributed by atoms with Crippen molar-refractivity contribution in [3.05, 3.63) is 0 Å². The fraction of sp³-hybridized carbons (Fsp3) is 0.875. The Balaban J connectivity index is 2.17. The molecule has 2 fully saturated rings. The highest BCUT2D eigenvalue weighted by Crippen LogP contribution is 2.35. The third-order valence-electron chi connectivity index (χ3n) is 2.18. The minimum absolute atomic E-state index is 0.230. The molecule has 0 radical (unpaired) electrons. The number of carbonyl (C=O) groups excluding carboxylic acids is 1. The van der Waals surface area contributed by atoms with Crippen LogP contribution in [-0.2, 0) is 19.0 Å². The number of fused-ring (bicyclic) bond motifs is 1. The first-order chi connectivity index (χ1) is 6.03. The standard InChI is InChI=1S/C8H12O5/c1-8(2)12-5-4(3-9)11-7(10)6(5)13-8/h4-6,9H,3H2,1-2H3/t4-,5-,6-/m1/s1. The molecule has 0 saturated carbocycles. The highest BCUT2D eigenvalue weighted by atomic mass is 16.8. The zero-order chi connectivity index (χ0) is 9.64. The van der Waals surface area contributed by atoms with Gasteiger partial charge in [0.2, 0.25) is 0 Å². The minimum atomic E-state index is -0.762. The summed E-state index contributed by atoms with van der Waals surface area (Å²) in [5.41, 5.74) is 0. The van der Waals surface area contributed by atoms with Crippen molar-refractivity contribution in [3.8, 4) is 0 Å². The van der Waals surface area contributed by atoms with E-state index in [1.54, 1.807) is 13.8 Å². The molecular weight excluding hydrogens is 176 g/mol. The molecule has 0 bridgehead atoms. The molecule has 0 spiro atoms. The normalized spacial score (nSPS) is 41.8. The van der Waals surface area contributed by atoms with Crippen molar-refractivity contribution >= 4 is 5.97 Å². The van der Waals surface area contributed by atoms with E-state index < -0.39 is 30.1 Å². The molecule has 74 valence electrons. The summed E-state index contributed by atoms with van der Waals surface area (Å²) in [7, 11) is 0. The molecule has 2 aliphatic rings. The molecule has 5 nitrogen and oxygen atoms in total. The van der Waals surface area contributed by atoms with Crippen molar-refractivity contribution in [3.63, 3.8) is 0 Å². The molecular formula is C8H12O5. The second-order valence-corrected chi connectivity index (χ2v) is 3.68. The fourth-order valence-electron chi connectivity index (χ4n) is 1.67. The van der Waals surface area contributed by atoms with Gasteiger partial charge < -0.3 is 19.3 Å². The van der Waals surface area contributed by atoms with Gasteiger partial charge >= 0.3 is 5.97 Å². The number of hydrogen-bond donors (Lipinski definition) is 1. The minimum Gasteiger partial charge on any atom is -0.455 e. The van der Waals surface area contributed by atoms with Gasteiger partial charge in [0, 0.05) is 0 Å². The lowest BCUT2D eigenvalue weighted by atomic mass is 10.1. The molecule has 13 heavy (non-hydrogen) atoms. The van der Waals surface area contributed by atoms with E-state index in [0.717, 1.165) is 0 Å². The Morgan fingerprint density at radius 1 is 1.46 bits per heavy atom. The van der Waals surface area contributed by atoms with Gasteiger partial charge in [0.15, 0.2) is 18.0 Å². The maximum absolute atomic E-state index is 11.2. The summed E-state index contributed by atoms with van der Waals surface area (Å²) in [6.45, 7) is 3.23. The van der Waals surface area contributed by atoms with E-state index in [-0.39, 0.29) is 6.61 Å². The Labute approximate surface area is 75.6 Å². The van der Waals surface area contributed by atoms with Crippen molar-refractivity contribution in [2.24, 2.45) is 0 Å². The number of cyclic esters (lactones) is 1. The van der Waals surface area contributed by atoms with Crippen LogP contribution in [0, 0.1) is 0 Å². The molecule has 0 unspecified atom stereocenters. The van der Waals surface area contributed by atoms with E-state index in [2.05, 4.69) is 0 Å². The predicted octanol–water partition coefficient (Wildman–Crippen LogP) is -0.576. The molecule has 0 aromatic carbocycles. The maximum atomic E-state index is 11.2. The molecule has 3 atom stereocenters. The Morgan fingerprint density at radius 2 is 2.15 bits per heavy atom. The van der Waals surface area contributed by atoms with Crippen LogP contribution in [0.3, 0.4) is 0 Å². The summed E-state index contributed by atoms with van der Waals surface area (Å²) >= 11 is 0. The highest BCUT2D eigenvalue weighted by molar-refractivity contribution is 5.78. The van der Waals surface area contributed by atoms with E-state index in [4.69, 9.17) is 19.3 Å². The number of esters is 1. The Bertz CT molecular complexity index is 237. The highest BCUT2D eigenvalue weighted by Gasteiger charge is 2.55. The van der Waals surface area contributed by atoms with Gasteiger partial charge in [0.25, 0.3) is 0 Å². The summed E-state index contributed by atoms with van der Waals surface area (Å²) in [4.78, 5) is 11.2. The quantitative estimate of drug-likeness (QED) is 0.558. The Hall–Kier alpha value is -0.650. The molecule has 0 aromatic heterocycles. The van der Waals surface area contributed by atoms with Gasteiger partial charge in [-0.1, -0.05) is 0 Å². The number of rotatable bonds is 1. The van der Waals surface area contributed by atoms with Crippen LogP contribution in [0.1, 0.15) is 13.8 Å². The topological polar surface area (TPSA) is 65.0 Å². The molecule has 5 heteroatoms. The van der Waals surface area contributed by atoms with Crippen molar-refractivity contribution in [1.29, 1.82) is 0 Å². The summed E-state index contributed by atoms with van der Waals surface area (Å²) in [5, 5.41) is 8.89. The van der Waals surface area contributed by atoms with Gasteiger partial charge in [-0.25, -0.2) is 4.79 Å². The van der Waals surface area contributed by atoms with Crippen molar-refractivity contribution in [1.82, 2.24) is 0 Å². The molecule has 0 aliphatic carbocycles. The summed E-state index contributed by atoms with van der Waals surface area (Å²) in [6.07, 6.45) is -1.72. The van der Waals surface area contributed by atoms with E-state index in [1.165, 1.54) is 0 Å². The zero-order valence-electron chi connectivity index (χ0n) is 7.52. The average Bonchev–Trinajstić information content (AvgIpc) is 2.47. The smallest absolute Gasteiger partial charge is 0.338 e. The van der Waals surface area contributed by atoms with Crippen LogP contribution in [0.15, 0.2) is 0 Å². The number of aliphatic hydroxyl groups is 1. The summed E-state index contributed by atoms with van der Waals surface area (Å²) < 4.78 is 15.6. The maximum Gasteiger partial charge on any atom is 0.338 e. The number of aliphatic hydroxyl groups excluding tert-OH is 1. The van der Waals surface area contributed by atoms with Crippen molar-refractivity contribution < 1.29 is 24.1 Å². The van der Waals surface area contributed by atoms with Crippen molar-refractivity contribution in [2.75, 3.05) is 6.61 Å². The van der Waals surface area contributed by atoms with E-state index in [0.29, 0.717) is 0 Å². The first kappa shape index (κ1) is 8.93. The molecule has 2 rings (SSSR count). The van der Waals surface area contributed by atoms with Gasteiger partial charge in [0.1, 0.15) is 6.10 Å². The van der Waals surface area contributed by atoms with Crippen LogP contribution in [-0.4, -0.2) is 41.8 Å². The Kier molecular flexibility index (Phi) is 1.83. The van der Waals surface area contributed by atoms with E-state index >= 15 is 0 Å². The molecule has 2 heterocycles. The van der Waals surface area contributed by atoms with E-state index in [1.807, 2.05) is 0 Å². The lowest BCUT2D eigenvalue weighted by molar-refractivity contribution is -0.188. The first-order valence-corrected chi connectivity index (χ1v) is 4.20. The largest absolute Gasteiger partial charge is 0.455 e. The van der Waals surface area contributed by atoms with Crippen LogP contribution in [0.5, 0.6) is 0 Å². The third-order valence-corrected chi connectivity index (χ3v) is 2.18. The molecule has 1 N–H and O–H groups in total. The van der Waals surface area contributed by atoms with E-state index in [9.17, 15) is 4.79 Å². The second-order valence-electron chi connectivity index (χ2n) is 3.68. The summed E-state index contributed by atoms with van der Waals surface area (Å²) in [6, 6.07) is 0. The van der Waals surface area contributed by atoms with Gasteiger partial charge in [0.05, 0.1) is 6.61 Å². The number of hydrogen-bond acceptors (Lipinski definition) is 5. The van der Waals surface area contributed by atoms with Crippen molar-refractivity contribution in [2.45, 2.75) is 37.9 Å². The molecule has 2 aliphatic heterocycles. The molecule has 2 saturated heterocycles. The summed E-state index contributed by atoms with van der Waals surface area (Å²) in [5.74, 6) is -1.21. The number of carbonyl (C=O) groups is 1. The molecule has 0 aromatic rings. The predicted molar refractivity (Wildman–Crippen MR) is 40.8 cm³/mol. The van der Waals surface area contributed by atoms with Crippen LogP contribution in [0.25, 0.3) is 0 Å². The first-order valence-electron chi connectivity index (χ1n) is 4.20. The average molecular weight is 188 g/mol. The molecule has 0 amide bonds. The SMILES string of the molecule is CC1(C)O[C@@H]2[C@@H](CO)OC(=O)[C@@H]2O1. The van der Waals surface area contributed by atoms with Gasteiger partial charge in [-0.2, -0.15) is 0 Å². The van der Waals surface area contributed by atoms with Crippen LogP contribution in [0.4, 0.5) is 0 Å². The zero-order valence-corrected chi connectivity index (χ0v) is 7.52. The van der Waals surface area contributed by atoms with Crippen LogP contribution >= 0.6 is 0 Å². The van der Waals surface area contributed by atoms with Crippen LogP contribution in [0.2, 0.25) is 0 Å².